The maximum Gasteiger partial charge on any atom is 0.165 e. The summed E-state index contributed by atoms with van der Waals surface area (Å²) in [4.78, 5) is 2.12. The van der Waals surface area contributed by atoms with E-state index < -0.39 is 6.10 Å². The first kappa shape index (κ1) is 22.0. The number of nitrogens with zero attached hydrogens (tertiary/aromatic N) is 1. The van der Waals surface area contributed by atoms with Crippen LogP contribution < -0.4 is 14.2 Å². The van der Waals surface area contributed by atoms with Crippen LogP contribution in [0.3, 0.4) is 0 Å². The van der Waals surface area contributed by atoms with Gasteiger partial charge in [-0.25, -0.2) is 0 Å². The van der Waals surface area contributed by atoms with Gasteiger partial charge in [-0.1, -0.05) is 30.3 Å². The van der Waals surface area contributed by atoms with Crippen LogP contribution >= 0.6 is 0 Å². The normalized spacial score (nSPS) is 12.1. The molecule has 1 N–H and O–H groups in total. The molecule has 0 amide bonds. The number of benzene rings is 2. The van der Waals surface area contributed by atoms with Crippen LogP contribution in [0.4, 0.5) is 0 Å². The zero-order valence-corrected chi connectivity index (χ0v) is 17.2. The molecule has 154 valence electrons. The Balaban J connectivity index is 2.02. The summed E-state index contributed by atoms with van der Waals surface area (Å²) in [6, 6.07) is 13.6. The van der Waals surface area contributed by atoms with Gasteiger partial charge in [0.05, 0.1) is 20.8 Å². The summed E-state index contributed by atoms with van der Waals surface area (Å²) in [7, 11) is 4.92. The second-order valence-corrected chi connectivity index (χ2v) is 6.61. The number of hydrogen-bond donors (Lipinski definition) is 1. The van der Waals surface area contributed by atoms with Crippen molar-refractivity contribution in [1.82, 2.24) is 4.90 Å². The van der Waals surface area contributed by atoms with E-state index in [9.17, 15) is 5.11 Å². The van der Waals surface area contributed by atoms with Crippen LogP contribution in [0.1, 0.15) is 11.1 Å². The van der Waals surface area contributed by atoms with Crippen molar-refractivity contribution in [3.63, 3.8) is 0 Å². The van der Waals surface area contributed by atoms with Gasteiger partial charge in [-0.15, -0.1) is 0 Å². The van der Waals surface area contributed by atoms with E-state index in [-0.39, 0.29) is 6.61 Å². The highest BCUT2D eigenvalue weighted by Gasteiger charge is 2.17. The van der Waals surface area contributed by atoms with Crippen LogP contribution in [0.15, 0.2) is 42.5 Å². The standard InChI is InChI=1S/C22H31NO5/c1-17-8-5-6-10-20(17)28-16-19(24)15-23(12-13-25-2)14-18-9-7-11-21(26-3)22(18)27-4/h5-11,19,24H,12-16H2,1-4H3/t19-/m1/s1. The predicted molar refractivity (Wildman–Crippen MR) is 109 cm³/mol. The van der Waals surface area contributed by atoms with Gasteiger partial charge >= 0.3 is 0 Å². The lowest BCUT2D eigenvalue weighted by Crippen LogP contribution is -2.37. The third kappa shape index (κ3) is 6.41. The van der Waals surface area contributed by atoms with Gasteiger partial charge in [0.15, 0.2) is 11.5 Å². The lowest BCUT2D eigenvalue weighted by atomic mass is 10.1. The Bertz CT molecular complexity index is 722. The molecule has 0 aliphatic heterocycles. The number of aryl methyl sites for hydroxylation is 1. The minimum absolute atomic E-state index is 0.226. The molecule has 28 heavy (non-hydrogen) atoms. The van der Waals surface area contributed by atoms with Crippen molar-refractivity contribution in [2.45, 2.75) is 19.6 Å². The Morgan fingerprint density at radius 3 is 2.39 bits per heavy atom. The molecule has 0 radical (unpaired) electrons. The van der Waals surface area contributed by atoms with Crippen molar-refractivity contribution in [2.24, 2.45) is 0 Å². The van der Waals surface area contributed by atoms with E-state index in [4.69, 9.17) is 18.9 Å². The molecular weight excluding hydrogens is 358 g/mol. The summed E-state index contributed by atoms with van der Waals surface area (Å²) in [6.07, 6.45) is -0.631. The first-order valence-corrected chi connectivity index (χ1v) is 9.36. The quantitative estimate of drug-likeness (QED) is 0.602. The molecule has 2 aromatic rings. The molecule has 0 bridgehead atoms. The van der Waals surface area contributed by atoms with Crippen LogP contribution in [-0.4, -0.2) is 63.7 Å². The van der Waals surface area contributed by atoms with Crippen LogP contribution in [0, 0.1) is 6.92 Å². The molecule has 0 spiro atoms. The van der Waals surface area contributed by atoms with Crippen LogP contribution in [0.25, 0.3) is 0 Å². The number of aliphatic hydroxyl groups excluding tert-OH is 1. The summed E-state index contributed by atoms with van der Waals surface area (Å²) in [5.74, 6) is 2.19. The molecule has 0 fully saturated rings. The van der Waals surface area contributed by atoms with Gasteiger partial charge in [0.25, 0.3) is 0 Å². The van der Waals surface area contributed by atoms with E-state index in [0.717, 1.165) is 16.9 Å². The fourth-order valence-corrected chi connectivity index (χ4v) is 3.03. The van der Waals surface area contributed by atoms with Crippen LogP contribution in [-0.2, 0) is 11.3 Å². The molecule has 0 saturated carbocycles. The summed E-state index contributed by atoms with van der Waals surface area (Å²) in [5.41, 5.74) is 2.04. The van der Waals surface area contributed by atoms with Gasteiger partial charge in [-0.05, 0) is 24.6 Å². The minimum atomic E-state index is -0.631. The molecular formula is C22H31NO5. The number of rotatable bonds is 12. The maximum absolute atomic E-state index is 10.5. The summed E-state index contributed by atoms with van der Waals surface area (Å²) >= 11 is 0. The molecule has 2 rings (SSSR count). The molecule has 0 aliphatic carbocycles. The average molecular weight is 389 g/mol. The van der Waals surface area contributed by atoms with Crippen LogP contribution in [0.2, 0.25) is 0 Å². The van der Waals surface area contributed by atoms with E-state index in [1.165, 1.54) is 0 Å². The highest BCUT2D eigenvalue weighted by Crippen LogP contribution is 2.31. The van der Waals surface area contributed by atoms with E-state index in [0.29, 0.717) is 37.7 Å². The van der Waals surface area contributed by atoms with Crippen molar-refractivity contribution in [1.29, 1.82) is 0 Å². The second kappa shape index (κ2) is 11.5. The largest absolute Gasteiger partial charge is 0.493 e. The molecule has 6 heteroatoms. The minimum Gasteiger partial charge on any atom is -0.493 e. The average Bonchev–Trinajstić information content (AvgIpc) is 2.71. The highest BCUT2D eigenvalue weighted by atomic mass is 16.5. The first-order chi connectivity index (χ1) is 13.6. The number of para-hydroxylation sites is 2. The fourth-order valence-electron chi connectivity index (χ4n) is 3.03. The zero-order valence-electron chi connectivity index (χ0n) is 17.2. The third-order valence-corrected chi connectivity index (χ3v) is 4.48. The monoisotopic (exact) mass is 389 g/mol. The molecule has 0 aliphatic rings. The van der Waals surface area contributed by atoms with E-state index in [1.54, 1.807) is 21.3 Å². The van der Waals surface area contributed by atoms with Gasteiger partial charge in [0, 0.05) is 32.3 Å². The number of aliphatic hydroxyl groups is 1. The first-order valence-electron chi connectivity index (χ1n) is 9.36. The second-order valence-electron chi connectivity index (χ2n) is 6.61. The molecule has 0 saturated heterocycles. The summed E-state index contributed by atoms with van der Waals surface area (Å²) < 4.78 is 21.9. The topological polar surface area (TPSA) is 60.4 Å². The third-order valence-electron chi connectivity index (χ3n) is 4.48. The smallest absolute Gasteiger partial charge is 0.165 e. The Morgan fingerprint density at radius 2 is 1.71 bits per heavy atom. The molecule has 0 aromatic heterocycles. The van der Waals surface area contributed by atoms with Crippen molar-refractivity contribution in [3.05, 3.63) is 53.6 Å². The number of hydrogen-bond acceptors (Lipinski definition) is 6. The number of methoxy groups -OCH3 is 3. The Labute approximate surface area is 167 Å². The Kier molecular flexibility index (Phi) is 9.07. The number of ether oxygens (including phenoxy) is 4. The zero-order chi connectivity index (χ0) is 20.4. The van der Waals surface area contributed by atoms with Gasteiger partial charge in [-0.2, -0.15) is 0 Å². The lowest BCUT2D eigenvalue weighted by molar-refractivity contribution is 0.0537. The van der Waals surface area contributed by atoms with E-state index >= 15 is 0 Å². The van der Waals surface area contributed by atoms with Crippen molar-refractivity contribution < 1.29 is 24.1 Å². The maximum atomic E-state index is 10.5. The summed E-state index contributed by atoms with van der Waals surface area (Å²) in [5, 5.41) is 10.5. The Hall–Kier alpha value is -2.28. The van der Waals surface area contributed by atoms with Crippen molar-refractivity contribution in [3.8, 4) is 17.2 Å². The molecule has 0 unspecified atom stereocenters. The van der Waals surface area contributed by atoms with Gasteiger partial charge in [-0.3, -0.25) is 4.90 Å². The van der Waals surface area contributed by atoms with E-state index in [2.05, 4.69) is 4.90 Å². The fraction of sp³-hybridized carbons (Fsp3) is 0.455. The van der Waals surface area contributed by atoms with Gasteiger partial charge in [0.1, 0.15) is 18.5 Å². The highest BCUT2D eigenvalue weighted by molar-refractivity contribution is 5.46. The van der Waals surface area contributed by atoms with Crippen molar-refractivity contribution >= 4 is 0 Å². The summed E-state index contributed by atoms with van der Waals surface area (Å²) in [6.45, 7) is 4.52. The van der Waals surface area contributed by atoms with Crippen molar-refractivity contribution in [2.75, 3.05) is 47.6 Å². The SMILES string of the molecule is COCCN(Cc1cccc(OC)c1OC)C[C@@H](O)COc1ccccc1C. The molecule has 2 aromatic carbocycles. The van der Waals surface area contributed by atoms with Gasteiger partial charge < -0.3 is 24.1 Å². The molecule has 1 atom stereocenters. The van der Waals surface area contributed by atoms with E-state index in [1.807, 2.05) is 49.4 Å². The Morgan fingerprint density at radius 1 is 0.964 bits per heavy atom. The predicted octanol–water partition coefficient (Wildman–Crippen LogP) is 2.90. The van der Waals surface area contributed by atoms with Gasteiger partial charge in [0.2, 0.25) is 0 Å². The molecule has 6 nitrogen and oxygen atoms in total. The van der Waals surface area contributed by atoms with Crippen LogP contribution in [0.5, 0.6) is 17.2 Å². The lowest BCUT2D eigenvalue weighted by Gasteiger charge is -2.26. The molecule has 0 heterocycles.